The molecule has 30 heavy (non-hydrogen) atoms. The van der Waals surface area contributed by atoms with E-state index >= 15 is 0 Å². The Kier molecular flexibility index (Phi) is 9.88. The van der Waals surface area contributed by atoms with E-state index in [4.69, 9.17) is 0 Å². The molecular weight excluding hydrogens is 418 g/mol. The van der Waals surface area contributed by atoms with E-state index in [2.05, 4.69) is 0 Å². The molecule has 1 aromatic rings. The molecule has 0 radical (unpaired) electrons. The average molecular weight is 447 g/mol. The van der Waals surface area contributed by atoms with Crippen LogP contribution in [-0.2, 0) is 0 Å². The molecule has 0 aliphatic rings. The summed E-state index contributed by atoms with van der Waals surface area (Å²) in [6.45, 7) is 2.78. The number of hydrogen-bond donors (Lipinski definition) is 0. The van der Waals surface area contributed by atoms with Crippen molar-refractivity contribution in [3.05, 3.63) is 29.8 Å². The zero-order valence-corrected chi connectivity index (χ0v) is 17.3. The van der Waals surface area contributed by atoms with Crippen LogP contribution in [0.1, 0.15) is 71.6 Å². The van der Waals surface area contributed by atoms with Gasteiger partial charge in [0, 0.05) is 19.0 Å². The minimum Gasteiger partial charge on any atom is -0.305 e. The Balaban J connectivity index is 3.25. The van der Waals surface area contributed by atoms with Gasteiger partial charge in [-0.25, -0.2) is 8.78 Å². The van der Waals surface area contributed by atoms with E-state index in [0.29, 0.717) is 50.3 Å². The molecule has 1 nitrogen and oxygen atoms in total. The molecule has 0 aromatic heterocycles. The maximum Gasteiger partial charge on any atom is 0.395 e. The van der Waals surface area contributed by atoms with E-state index in [0.717, 1.165) is 0 Å². The normalized spacial score (nSPS) is 13.0. The summed E-state index contributed by atoms with van der Waals surface area (Å²) in [4.78, 5) is -0.416. The van der Waals surface area contributed by atoms with Gasteiger partial charge in [0.05, 0.1) is 5.69 Å². The standard InChI is InChI=1S/C21H29F8N/c1-3-5-7-9-13-19(24,25)20(26,27)21(28,29)30(14-10-8-6-4-2)18-15-16(22)11-12-17(18)23/h11-12,15H,3-10,13-14H2,1-2H3. The predicted octanol–water partition coefficient (Wildman–Crippen LogP) is 8.19. The number of unbranched alkanes of at least 4 members (excludes halogenated alkanes) is 6. The van der Waals surface area contributed by atoms with Crippen molar-refractivity contribution in [3.63, 3.8) is 0 Å². The first-order valence-corrected chi connectivity index (χ1v) is 10.3. The highest BCUT2D eigenvalue weighted by molar-refractivity contribution is 5.50. The number of alkyl halides is 6. The smallest absolute Gasteiger partial charge is 0.305 e. The summed E-state index contributed by atoms with van der Waals surface area (Å²) in [5, 5.41) is 0. The van der Waals surface area contributed by atoms with E-state index in [-0.39, 0.29) is 19.3 Å². The lowest BCUT2D eigenvalue weighted by Gasteiger charge is -2.40. The second-order valence-electron chi connectivity index (χ2n) is 7.44. The molecule has 0 heterocycles. The van der Waals surface area contributed by atoms with Crippen molar-refractivity contribution in [1.82, 2.24) is 0 Å². The van der Waals surface area contributed by atoms with Crippen molar-refractivity contribution in [2.24, 2.45) is 0 Å². The van der Waals surface area contributed by atoms with Gasteiger partial charge in [-0.1, -0.05) is 52.4 Å². The van der Waals surface area contributed by atoms with Gasteiger partial charge in [-0.2, -0.15) is 26.3 Å². The van der Waals surface area contributed by atoms with Gasteiger partial charge >= 0.3 is 17.9 Å². The number of halogens is 8. The highest BCUT2D eigenvalue weighted by Crippen LogP contribution is 2.51. The molecule has 0 atom stereocenters. The molecular formula is C21H29F8N. The molecule has 0 amide bonds. The Labute approximate surface area is 172 Å². The number of nitrogens with zero attached hydrogens (tertiary/aromatic N) is 1. The molecule has 0 saturated carbocycles. The maximum atomic E-state index is 14.9. The van der Waals surface area contributed by atoms with Crippen LogP contribution in [-0.4, -0.2) is 24.4 Å². The first kappa shape index (κ1) is 26.5. The summed E-state index contributed by atoms with van der Waals surface area (Å²) in [6, 6.07) is -3.98. The van der Waals surface area contributed by atoms with Crippen LogP contribution in [0.4, 0.5) is 40.8 Å². The van der Waals surface area contributed by atoms with Gasteiger partial charge in [0.15, 0.2) is 0 Å². The van der Waals surface area contributed by atoms with Gasteiger partial charge in [0.2, 0.25) is 0 Å². The minimum absolute atomic E-state index is 0.0719. The molecule has 9 heteroatoms. The van der Waals surface area contributed by atoms with Crippen LogP contribution in [0.25, 0.3) is 0 Å². The Bertz CT molecular complexity index is 648. The first-order chi connectivity index (χ1) is 13.9. The molecule has 0 unspecified atom stereocenters. The Hall–Kier alpha value is -1.54. The monoisotopic (exact) mass is 447 g/mol. The summed E-state index contributed by atoms with van der Waals surface area (Å²) in [7, 11) is 0. The molecule has 0 aliphatic heterocycles. The molecule has 1 aromatic carbocycles. The van der Waals surface area contributed by atoms with E-state index in [1.165, 1.54) is 0 Å². The van der Waals surface area contributed by atoms with Gasteiger partial charge in [0.25, 0.3) is 0 Å². The Morgan fingerprint density at radius 1 is 0.767 bits per heavy atom. The van der Waals surface area contributed by atoms with Crippen molar-refractivity contribution in [1.29, 1.82) is 0 Å². The van der Waals surface area contributed by atoms with Crippen LogP contribution in [0.3, 0.4) is 0 Å². The summed E-state index contributed by atoms with van der Waals surface area (Å²) in [6.07, 6.45) is 1.16. The molecule has 174 valence electrons. The first-order valence-electron chi connectivity index (χ1n) is 10.3. The molecule has 0 spiro atoms. The largest absolute Gasteiger partial charge is 0.395 e. The fourth-order valence-electron chi connectivity index (χ4n) is 3.12. The Morgan fingerprint density at radius 3 is 1.90 bits per heavy atom. The topological polar surface area (TPSA) is 3.24 Å². The third-order valence-corrected chi connectivity index (χ3v) is 4.95. The summed E-state index contributed by atoms with van der Waals surface area (Å²) < 4.78 is 115. The van der Waals surface area contributed by atoms with Crippen LogP contribution in [0.5, 0.6) is 0 Å². The van der Waals surface area contributed by atoms with Gasteiger partial charge in [-0.05, 0) is 25.0 Å². The third-order valence-electron chi connectivity index (χ3n) is 4.95. The van der Waals surface area contributed by atoms with Gasteiger partial charge in [-0.15, -0.1) is 0 Å². The number of hydrogen-bond acceptors (Lipinski definition) is 1. The highest BCUT2D eigenvalue weighted by atomic mass is 19.3. The fraction of sp³-hybridized carbons (Fsp3) is 0.714. The molecule has 1 rings (SSSR count). The van der Waals surface area contributed by atoms with Crippen LogP contribution >= 0.6 is 0 Å². The molecule has 0 aliphatic carbocycles. The molecule has 0 N–H and O–H groups in total. The van der Waals surface area contributed by atoms with Gasteiger partial charge < -0.3 is 4.90 Å². The molecule has 0 fully saturated rings. The van der Waals surface area contributed by atoms with E-state index in [9.17, 15) is 35.1 Å². The third kappa shape index (κ3) is 6.23. The lowest BCUT2D eigenvalue weighted by atomic mass is 10.00. The number of rotatable bonds is 14. The zero-order valence-electron chi connectivity index (χ0n) is 17.3. The zero-order chi connectivity index (χ0) is 23.0. The van der Waals surface area contributed by atoms with E-state index in [1.54, 1.807) is 6.92 Å². The van der Waals surface area contributed by atoms with Crippen molar-refractivity contribution >= 4 is 5.69 Å². The summed E-state index contributed by atoms with van der Waals surface area (Å²) in [5.41, 5.74) is -1.17. The highest BCUT2D eigenvalue weighted by Gasteiger charge is 2.73. The molecule has 0 saturated heterocycles. The van der Waals surface area contributed by atoms with Crippen molar-refractivity contribution in [2.45, 2.75) is 89.5 Å². The van der Waals surface area contributed by atoms with Crippen LogP contribution in [0.15, 0.2) is 18.2 Å². The van der Waals surface area contributed by atoms with Crippen molar-refractivity contribution in [2.75, 3.05) is 11.4 Å². The summed E-state index contributed by atoms with van der Waals surface area (Å²) >= 11 is 0. The number of anilines is 1. The van der Waals surface area contributed by atoms with E-state index < -0.39 is 53.1 Å². The van der Waals surface area contributed by atoms with Crippen molar-refractivity contribution in [3.8, 4) is 0 Å². The lowest BCUT2D eigenvalue weighted by molar-refractivity contribution is -0.310. The fourth-order valence-corrected chi connectivity index (χ4v) is 3.12. The predicted molar refractivity (Wildman–Crippen MR) is 101 cm³/mol. The van der Waals surface area contributed by atoms with Gasteiger partial charge in [-0.3, -0.25) is 0 Å². The van der Waals surface area contributed by atoms with Crippen molar-refractivity contribution < 1.29 is 35.1 Å². The second kappa shape index (κ2) is 11.2. The van der Waals surface area contributed by atoms with Crippen LogP contribution < -0.4 is 4.90 Å². The maximum absolute atomic E-state index is 14.9. The average Bonchev–Trinajstić information content (AvgIpc) is 2.67. The SMILES string of the molecule is CCCCCCN(c1cc(F)ccc1F)C(F)(F)C(F)(F)C(F)(F)CCCCCC. The quantitative estimate of drug-likeness (QED) is 0.158. The Morgan fingerprint density at radius 2 is 1.33 bits per heavy atom. The number of benzene rings is 1. The molecule has 0 bridgehead atoms. The minimum atomic E-state index is -5.78. The van der Waals surface area contributed by atoms with Gasteiger partial charge in [0.1, 0.15) is 11.6 Å². The summed E-state index contributed by atoms with van der Waals surface area (Å²) in [5.74, 6) is -13.3. The van der Waals surface area contributed by atoms with Crippen LogP contribution in [0, 0.1) is 11.6 Å². The van der Waals surface area contributed by atoms with E-state index in [1.807, 2.05) is 6.92 Å². The van der Waals surface area contributed by atoms with Crippen LogP contribution in [0.2, 0.25) is 0 Å². The second-order valence-corrected chi connectivity index (χ2v) is 7.44. The lowest BCUT2D eigenvalue weighted by Crippen LogP contribution is -2.63.